The molecule has 4 aromatic rings. The van der Waals surface area contributed by atoms with E-state index in [2.05, 4.69) is 39.2 Å². The van der Waals surface area contributed by atoms with Crippen molar-refractivity contribution in [1.29, 1.82) is 0 Å². The van der Waals surface area contributed by atoms with E-state index in [0.29, 0.717) is 24.8 Å². The molecule has 1 aromatic heterocycles. The van der Waals surface area contributed by atoms with Crippen LogP contribution in [0.2, 0.25) is 0 Å². The van der Waals surface area contributed by atoms with Gasteiger partial charge in [-0.15, -0.1) is 0 Å². The van der Waals surface area contributed by atoms with E-state index in [-0.39, 0.29) is 12.0 Å². The van der Waals surface area contributed by atoms with Crippen LogP contribution in [0.25, 0.3) is 22.0 Å². The third kappa shape index (κ3) is 5.19. The Labute approximate surface area is 209 Å². The Morgan fingerprint density at radius 3 is 2.78 bits per heavy atom. The molecule has 0 aliphatic carbocycles. The molecule has 3 aromatic carbocycles. The number of hydrogen-bond acceptors (Lipinski definition) is 7. The monoisotopic (exact) mass is 480 g/mol. The Balaban J connectivity index is 1.38. The zero-order chi connectivity index (χ0) is 24.9. The molecular formula is C28H28N6O2. The fourth-order valence-corrected chi connectivity index (χ4v) is 4.29. The minimum atomic E-state index is -0.252. The van der Waals surface area contributed by atoms with Gasteiger partial charge in [-0.1, -0.05) is 36.9 Å². The number of amides is 1. The Morgan fingerprint density at radius 1 is 1.14 bits per heavy atom. The highest BCUT2D eigenvalue weighted by Gasteiger charge is 2.19. The maximum atomic E-state index is 11.7. The van der Waals surface area contributed by atoms with Gasteiger partial charge in [0, 0.05) is 53.8 Å². The van der Waals surface area contributed by atoms with E-state index in [1.165, 1.54) is 6.08 Å². The quantitative estimate of drug-likeness (QED) is 0.338. The van der Waals surface area contributed by atoms with Crippen LogP contribution in [0.1, 0.15) is 0 Å². The summed E-state index contributed by atoms with van der Waals surface area (Å²) in [5.41, 5.74) is 11.2. The summed E-state index contributed by atoms with van der Waals surface area (Å²) < 4.78 is 5.67. The van der Waals surface area contributed by atoms with Crippen LogP contribution >= 0.6 is 0 Å². The van der Waals surface area contributed by atoms with Crippen LogP contribution in [0.15, 0.2) is 85.6 Å². The highest BCUT2D eigenvalue weighted by Crippen LogP contribution is 2.30. The van der Waals surface area contributed by atoms with Gasteiger partial charge in [-0.2, -0.15) is 0 Å². The van der Waals surface area contributed by atoms with Gasteiger partial charge in [-0.05, 0) is 48.0 Å². The van der Waals surface area contributed by atoms with Crippen LogP contribution < -0.4 is 21.3 Å². The second-order valence-electron chi connectivity index (χ2n) is 8.56. The molecular weight excluding hydrogens is 452 g/mol. The number of rotatable bonds is 7. The minimum Gasteiger partial charge on any atom is -0.373 e. The van der Waals surface area contributed by atoms with Gasteiger partial charge in [0.1, 0.15) is 0 Å². The molecule has 0 saturated carbocycles. The zero-order valence-electron chi connectivity index (χ0n) is 19.9. The average Bonchev–Trinajstić information content (AvgIpc) is 2.93. The number of nitrogens with one attached hydrogen (secondary N) is 2. The van der Waals surface area contributed by atoms with Gasteiger partial charge in [0.2, 0.25) is 11.9 Å². The predicted molar refractivity (Wildman–Crippen MR) is 145 cm³/mol. The number of carbonyl (C=O) groups excluding carboxylic acids is 1. The van der Waals surface area contributed by atoms with Crippen LogP contribution in [-0.2, 0) is 9.53 Å². The summed E-state index contributed by atoms with van der Waals surface area (Å²) in [5.74, 6) is 0.256. The van der Waals surface area contributed by atoms with E-state index in [9.17, 15) is 4.79 Å². The summed E-state index contributed by atoms with van der Waals surface area (Å²) in [5, 5.41) is 7.05. The van der Waals surface area contributed by atoms with Crippen molar-refractivity contribution in [3.8, 4) is 11.1 Å². The highest BCUT2D eigenvalue weighted by atomic mass is 16.5. The SMILES string of the molecule is C=CC(=O)Nc1cccc(-c2cccc3cnc(Nc4ccc(N5CCOC(CN)C5)cc4)nc23)c1. The van der Waals surface area contributed by atoms with Crippen LogP contribution in [0, 0.1) is 0 Å². The van der Waals surface area contributed by atoms with Gasteiger partial charge in [0.15, 0.2) is 0 Å². The number of fused-ring (bicyclic) bond motifs is 1. The first-order chi connectivity index (χ1) is 17.6. The lowest BCUT2D eigenvalue weighted by molar-refractivity contribution is -0.111. The second-order valence-corrected chi connectivity index (χ2v) is 8.56. The Hall–Kier alpha value is -4.27. The van der Waals surface area contributed by atoms with Crippen molar-refractivity contribution in [1.82, 2.24) is 9.97 Å². The van der Waals surface area contributed by atoms with Crippen molar-refractivity contribution < 1.29 is 9.53 Å². The first-order valence-corrected chi connectivity index (χ1v) is 11.9. The van der Waals surface area contributed by atoms with Crippen molar-refractivity contribution in [2.45, 2.75) is 6.10 Å². The van der Waals surface area contributed by atoms with E-state index < -0.39 is 0 Å². The van der Waals surface area contributed by atoms with E-state index in [0.717, 1.165) is 46.5 Å². The molecule has 1 saturated heterocycles. The number of para-hydroxylation sites is 1. The van der Waals surface area contributed by atoms with Gasteiger partial charge < -0.3 is 26.0 Å². The third-order valence-electron chi connectivity index (χ3n) is 6.13. The molecule has 5 rings (SSSR count). The molecule has 1 amide bonds. The second kappa shape index (κ2) is 10.6. The molecule has 0 radical (unpaired) electrons. The maximum Gasteiger partial charge on any atom is 0.247 e. The molecule has 1 aliphatic rings. The highest BCUT2D eigenvalue weighted by molar-refractivity contribution is 6.00. The first-order valence-electron chi connectivity index (χ1n) is 11.9. The number of nitrogens with zero attached hydrogens (tertiary/aromatic N) is 3. The first kappa shape index (κ1) is 23.5. The van der Waals surface area contributed by atoms with E-state index >= 15 is 0 Å². The number of benzene rings is 3. The summed E-state index contributed by atoms with van der Waals surface area (Å²) >= 11 is 0. The molecule has 36 heavy (non-hydrogen) atoms. The van der Waals surface area contributed by atoms with Crippen LogP contribution in [0.5, 0.6) is 0 Å². The average molecular weight is 481 g/mol. The minimum absolute atomic E-state index is 0.0655. The number of carbonyl (C=O) groups is 1. The summed E-state index contributed by atoms with van der Waals surface area (Å²) in [6.07, 6.45) is 3.13. The lowest BCUT2D eigenvalue weighted by Gasteiger charge is -2.34. The molecule has 8 heteroatoms. The number of morpholine rings is 1. The molecule has 1 unspecified atom stereocenters. The molecule has 0 bridgehead atoms. The smallest absolute Gasteiger partial charge is 0.247 e. The number of anilines is 4. The van der Waals surface area contributed by atoms with Crippen molar-refractivity contribution >= 4 is 39.8 Å². The Kier molecular flexibility index (Phi) is 6.88. The largest absolute Gasteiger partial charge is 0.373 e. The van der Waals surface area contributed by atoms with E-state index in [4.69, 9.17) is 15.5 Å². The number of ether oxygens (including phenoxy) is 1. The standard InChI is InChI=1S/C28H28N6O2/c1-2-26(35)31-22-7-3-5-19(15-22)25-8-4-6-20-17-30-28(33-27(20)25)32-21-9-11-23(12-10-21)34-13-14-36-24(16-29)18-34/h2-12,15,17,24H,1,13-14,16,18,29H2,(H,31,35)(H,30,32,33). The van der Waals surface area contributed by atoms with Gasteiger partial charge in [0.05, 0.1) is 18.2 Å². The fraction of sp³-hybridized carbons (Fsp3) is 0.179. The molecule has 1 atom stereocenters. The van der Waals surface area contributed by atoms with Crippen molar-refractivity contribution in [3.05, 3.63) is 85.6 Å². The Bertz CT molecular complexity index is 1390. The predicted octanol–water partition coefficient (Wildman–Crippen LogP) is 4.33. The molecule has 4 N–H and O–H groups in total. The lowest BCUT2D eigenvalue weighted by Crippen LogP contribution is -2.45. The van der Waals surface area contributed by atoms with Crippen LogP contribution in [0.3, 0.4) is 0 Å². The molecule has 8 nitrogen and oxygen atoms in total. The van der Waals surface area contributed by atoms with E-state index in [1.54, 1.807) is 0 Å². The summed E-state index contributed by atoms with van der Waals surface area (Å²) in [6, 6.07) is 21.8. The number of hydrogen-bond donors (Lipinski definition) is 3. The molecule has 182 valence electrons. The summed E-state index contributed by atoms with van der Waals surface area (Å²) in [7, 11) is 0. The fourth-order valence-electron chi connectivity index (χ4n) is 4.29. The van der Waals surface area contributed by atoms with Crippen molar-refractivity contribution in [2.24, 2.45) is 5.73 Å². The van der Waals surface area contributed by atoms with Gasteiger partial charge in [-0.3, -0.25) is 4.79 Å². The maximum absolute atomic E-state index is 11.7. The lowest BCUT2D eigenvalue weighted by atomic mass is 10.0. The van der Waals surface area contributed by atoms with Crippen LogP contribution in [-0.4, -0.2) is 48.2 Å². The molecule has 1 fully saturated rings. The van der Waals surface area contributed by atoms with Gasteiger partial charge >= 0.3 is 0 Å². The van der Waals surface area contributed by atoms with Crippen molar-refractivity contribution in [3.63, 3.8) is 0 Å². The molecule has 2 heterocycles. The number of nitrogens with two attached hydrogens (primary N) is 1. The third-order valence-corrected chi connectivity index (χ3v) is 6.13. The zero-order valence-corrected chi connectivity index (χ0v) is 19.9. The molecule has 0 spiro atoms. The topological polar surface area (TPSA) is 105 Å². The van der Waals surface area contributed by atoms with Gasteiger partial charge in [0.25, 0.3) is 0 Å². The van der Waals surface area contributed by atoms with Crippen LogP contribution in [0.4, 0.5) is 23.0 Å². The summed E-state index contributed by atoms with van der Waals surface area (Å²) in [6.45, 7) is 6.34. The summed E-state index contributed by atoms with van der Waals surface area (Å²) in [4.78, 5) is 23.3. The normalized spacial score (nSPS) is 15.5. The van der Waals surface area contributed by atoms with Crippen molar-refractivity contribution in [2.75, 3.05) is 41.8 Å². The number of aromatic nitrogens is 2. The van der Waals surface area contributed by atoms with Gasteiger partial charge in [-0.25, -0.2) is 9.97 Å². The Morgan fingerprint density at radius 2 is 1.97 bits per heavy atom. The molecule has 1 aliphatic heterocycles. The van der Waals surface area contributed by atoms with E-state index in [1.807, 2.05) is 60.8 Å².